The van der Waals surface area contributed by atoms with Gasteiger partial charge in [-0.05, 0) is 90.9 Å². The Morgan fingerprint density at radius 2 is 1.27 bits per heavy atom. The molecule has 2 heterocycles. The third-order valence-electron chi connectivity index (χ3n) is 10.8. The zero-order chi connectivity index (χ0) is 38.7. The lowest BCUT2D eigenvalue weighted by molar-refractivity contribution is -0.116. The minimum Gasteiger partial charge on any atom is -0.446 e. The highest BCUT2D eigenvalue weighted by atomic mass is 16.6. The molecule has 0 aromatic heterocycles. The van der Waals surface area contributed by atoms with Crippen molar-refractivity contribution in [3.05, 3.63) is 133 Å². The molecule has 9 nitrogen and oxygen atoms in total. The Kier molecular flexibility index (Phi) is 12.9. The number of anilines is 2. The molecular formula is C47H51N5O4. The molecule has 2 N–H and O–H groups in total. The van der Waals surface area contributed by atoms with E-state index in [0.29, 0.717) is 49.3 Å². The van der Waals surface area contributed by atoms with E-state index in [9.17, 15) is 14.4 Å². The van der Waals surface area contributed by atoms with E-state index in [1.54, 1.807) is 17.0 Å². The fourth-order valence-electron chi connectivity index (χ4n) is 7.75. The molecule has 0 atom stereocenters. The third kappa shape index (κ3) is 9.90. The minimum atomic E-state index is -0.470. The van der Waals surface area contributed by atoms with Crippen LogP contribution in [0.5, 0.6) is 0 Å². The highest BCUT2D eigenvalue weighted by Gasteiger charge is 2.25. The number of piperidine rings is 1. The van der Waals surface area contributed by atoms with Gasteiger partial charge in [0.1, 0.15) is 6.10 Å². The molecule has 0 spiro atoms. The Labute approximate surface area is 330 Å². The van der Waals surface area contributed by atoms with Crippen LogP contribution >= 0.6 is 0 Å². The van der Waals surface area contributed by atoms with Crippen LogP contribution in [0.25, 0.3) is 33.4 Å². The second-order valence-electron chi connectivity index (χ2n) is 14.7. The van der Waals surface area contributed by atoms with Crippen molar-refractivity contribution in [1.82, 2.24) is 14.7 Å². The van der Waals surface area contributed by atoms with Gasteiger partial charge in [0.2, 0.25) is 5.91 Å². The van der Waals surface area contributed by atoms with E-state index in [2.05, 4.69) is 62.9 Å². The summed E-state index contributed by atoms with van der Waals surface area (Å²) in [5, 5.41) is 6.07. The summed E-state index contributed by atoms with van der Waals surface area (Å²) in [6, 6.07) is 42.0. The highest BCUT2D eigenvalue weighted by Crippen LogP contribution is 2.42. The van der Waals surface area contributed by atoms with Gasteiger partial charge in [0.15, 0.2) is 0 Å². The number of amides is 3. The molecule has 56 heavy (non-hydrogen) atoms. The number of ether oxygens (including phenoxy) is 1. The first-order chi connectivity index (χ1) is 27.4. The van der Waals surface area contributed by atoms with E-state index in [4.69, 9.17) is 4.74 Å². The quantitative estimate of drug-likeness (QED) is 0.125. The Balaban J connectivity index is 0.929. The molecule has 2 saturated heterocycles. The maximum Gasteiger partial charge on any atom is 0.411 e. The SMILES string of the molecule is CN(CCN1CCC(OC(=O)Nc2cccc(-c3ccccc3)c2-c2ccccc2-c2ccccc2)CC1)C(=O)c1cccc(NC(=O)CCN2CCCC2)c1. The van der Waals surface area contributed by atoms with Crippen molar-refractivity contribution in [2.24, 2.45) is 0 Å². The van der Waals surface area contributed by atoms with E-state index in [1.165, 1.54) is 12.8 Å². The summed E-state index contributed by atoms with van der Waals surface area (Å²) in [6.07, 6.45) is 3.57. The van der Waals surface area contributed by atoms with Crippen molar-refractivity contribution >= 4 is 29.3 Å². The van der Waals surface area contributed by atoms with Crippen LogP contribution in [0.4, 0.5) is 16.2 Å². The molecule has 288 valence electrons. The highest BCUT2D eigenvalue weighted by molar-refractivity contribution is 6.02. The largest absolute Gasteiger partial charge is 0.446 e. The van der Waals surface area contributed by atoms with Crippen molar-refractivity contribution in [1.29, 1.82) is 0 Å². The first kappa shape index (κ1) is 38.5. The summed E-state index contributed by atoms with van der Waals surface area (Å²) in [5.41, 5.74) is 8.08. The molecule has 2 fully saturated rings. The van der Waals surface area contributed by atoms with Gasteiger partial charge in [-0.15, -0.1) is 0 Å². The summed E-state index contributed by atoms with van der Waals surface area (Å²) >= 11 is 0. The van der Waals surface area contributed by atoms with Gasteiger partial charge in [0, 0.05) is 63.0 Å². The van der Waals surface area contributed by atoms with Crippen LogP contribution in [-0.4, -0.2) is 91.6 Å². The minimum absolute atomic E-state index is 0.0358. The van der Waals surface area contributed by atoms with Crippen molar-refractivity contribution in [3.63, 3.8) is 0 Å². The summed E-state index contributed by atoms with van der Waals surface area (Å²) in [7, 11) is 1.81. The normalized spacial score (nSPS) is 14.9. The molecule has 2 aliphatic rings. The van der Waals surface area contributed by atoms with Crippen LogP contribution in [0.2, 0.25) is 0 Å². The molecule has 0 unspecified atom stereocenters. The Bertz CT molecular complexity index is 2090. The van der Waals surface area contributed by atoms with E-state index in [1.807, 2.05) is 79.8 Å². The monoisotopic (exact) mass is 749 g/mol. The predicted octanol–water partition coefficient (Wildman–Crippen LogP) is 8.90. The number of benzene rings is 5. The van der Waals surface area contributed by atoms with Crippen molar-refractivity contribution < 1.29 is 19.1 Å². The second kappa shape index (κ2) is 18.7. The van der Waals surface area contributed by atoms with E-state index >= 15 is 0 Å². The first-order valence-corrected chi connectivity index (χ1v) is 19.8. The molecule has 7 rings (SSSR count). The molecule has 5 aromatic rings. The summed E-state index contributed by atoms with van der Waals surface area (Å²) < 4.78 is 6.02. The fourth-order valence-corrected chi connectivity index (χ4v) is 7.75. The number of likely N-dealkylation sites (tertiary alicyclic amines) is 2. The lowest BCUT2D eigenvalue weighted by Gasteiger charge is -2.32. The van der Waals surface area contributed by atoms with Gasteiger partial charge in [-0.3, -0.25) is 14.9 Å². The van der Waals surface area contributed by atoms with Crippen LogP contribution in [0, 0.1) is 0 Å². The van der Waals surface area contributed by atoms with Gasteiger partial charge < -0.3 is 24.8 Å². The number of hydrogen-bond acceptors (Lipinski definition) is 6. The van der Waals surface area contributed by atoms with Gasteiger partial charge in [0.25, 0.3) is 5.91 Å². The molecule has 9 heteroatoms. The number of hydrogen-bond donors (Lipinski definition) is 2. The van der Waals surface area contributed by atoms with Gasteiger partial charge in [-0.1, -0.05) is 103 Å². The van der Waals surface area contributed by atoms with E-state index in [0.717, 1.165) is 66.1 Å². The molecule has 0 bridgehead atoms. The van der Waals surface area contributed by atoms with Crippen LogP contribution < -0.4 is 10.6 Å². The molecule has 0 aliphatic carbocycles. The number of carbonyl (C=O) groups excluding carboxylic acids is 3. The standard InChI is InChI=1S/C47H51N5O4/c1-50(46(54)37-18-12-19-38(34-37)48-44(53)26-31-51-27-10-11-28-51)32-33-52-29-24-39(25-30-52)56-47(55)49-43-23-13-22-41(36-16-6-3-7-17-36)45(43)42-21-9-8-20-40(42)35-14-4-2-5-15-35/h2-9,12-23,34,39H,10-11,24-33H2,1H3,(H,48,53)(H,49,55). The van der Waals surface area contributed by atoms with Crippen LogP contribution in [0.1, 0.15) is 42.5 Å². The average molecular weight is 750 g/mol. The Morgan fingerprint density at radius 3 is 1.98 bits per heavy atom. The fraction of sp³-hybridized carbons (Fsp3) is 0.298. The molecule has 3 amide bonds. The first-order valence-electron chi connectivity index (χ1n) is 19.8. The number of carbonyl (C=O) groups is 3. The Morgan fingerprint density at radius 1 is 0.661 bits per heavy atom. The number of nitrogens with zero attached hydrogens (tertiary/aromatic N) is 3. The number of nitrogens with one attached hydrogen (secondary N) is 2. The van der Waals surface area contributed by atoms with Crippen LogP contribution in [0.15, 0.2) is 127 Å². The van der Waals surface area contributed by atoms with Gasteiger partial charge in [0.05, 0.1) is 5.69 Å². The predicted molar refractivity (Wildman–Crippen MR) is 225 cm³/mol. The van der Waals surface area contributed by atoms with Crippen molar-refractivity contribution in [2.75, 3.05) is 63.5 Å². The van der Waals surface area contributed by atoms with Gasteiger partial charge in [-0.2, -0.15) is 0 Å². The molecule has 5 aromatic carbocycles. The lowest BCUT2D eigenvalue weighted by Crippen LogP contribution is -2.42. The second-order valence-corrected chi connectivity index (χ2v) is 14.7. The van der Waals surface area contributed by atoms with Crippen molar-refractivity contribution in [3.8, 4) is 33.4 Å². The average Bonchev–Trinajstić information content (AvgIpc) is 3.77. The smallest absolute Gasteiger partial charge is 0.411 e. The van der Waals surface area contributed by atoms with Crippen molar-refractivity contribution in [2.45, 2.75) is 38.2 Å². The summed E-state index contributed by atoms with van der Waals surface area (Å²) in [5.74, 6) is -0.124. The maximum absolute atomic E-state index is 13.5. The molecule has 2 aliphatic heterocycles. The molecular weight excluding hydrogens is 699 g/mol. The summed E-state index contributed by atoms with van der Waals surface area (Å²) in [4.78, 5) is 45.7. The lowest BCUT2D eigenvalue weighted by atomic mass is 9.88. The van der Waals surface area contributed by atoms with Gasteiger partial charge in [-0.25, -0.2) is 4.79 Å². The molecule has 0 saturated carbocycles. The topological polar surface area (TPSA) is 94.2 Å². The molecule has 0 radical (unpaired) electrons. The van der Waals surface area contributed by atoms with E-state index in [-0.39, 0.29) is 17.9 Å². The number of likely N-dealkylation sites (N-methyl/N-ethyl adjacent to an activating group) is 1. The Hall–Kier alpha value is -5.77. The van der Waals surface area contributed by atoms with Crippen LogP contribution in [-0.2, 0) is 9.53 Å². The van der Waals surface area contributed by atoms with Gasteiger partial charge >= 0.3 is 6.09 Å². The van der Waals surface area contributed by atoms with E-state index < -0.39 is 6.09 Å². The number of rotatable bonds is 13. The zero-order valence-electron chi connectivity index (χ0n) is 32.2. The zero-order valence-corrected chi connectivity index (χ0v) is 32.2. The summed E-state index contributed by atoms with van der Waals surface area (Å²) in [6.45, 7) is 5.68. The third-order valence-corrected chi connectivity index (χ3v) is 10.8. The maximum atomic E-state index is 13.5. The van der Waals surface area contributed by atoms with Crippen LogP contribution in [0.3, 0.4) is 0 Å².